The van der Waals surface area contributed by atoms with Gasteiger partial charge in [-0.1, -0.05) is 18.2 Å². The molecule has 0 unspecified atom stereocenters. The van der Waals surface area contributed by atoms with Crippen molar-refractivity contribution in [1.29, 1.82) is 0 Å². The molecule has 1 atom stereocenters. The van der Waals surface area contributed by atoms with E-state index in [1.54, 1.807) is 36.4 Å². The van der Waals surface area contributed by atoms with Crippen molar-refractivity contribution in [3.8, 4) is 5.75 Å². The zero-order valence-electron chi connectivity index (χ0n) is 15.7. The molecule has 0 bridgehead atoms. The first kappa shape index (κ1) is 18.7. The Labute approximate surface area is 166 Å². The smallest absolute Gasteiger partial charge is 0.258 e. The van der Waals surface area contributed by atoms with E-state index in [1.807, 2.05) is 0 Å². The number of rotatable bonds is 4. The summed E-state index contributed by atoms with van der Waals surface area (Å²) < 4.78 is 18.3. The number of fused-ring (bicyclic) bond motifs is 1. The van der Waals surface area contributed by atoms with Crippen LogP contribution < -0.4 is 10.1 Å². The Morgan fingerprint density at radius 2 is 1.97 bits per heavy atom. The Morgan fingerprint density at radius 1 is 1.17 bits per heavy atom. The fourth-order valence-corrected chi connectivity index (χ4v) is 3.41. The van der Waals surface area contributed by atoms with E-state index in [0.717, 1.165) is 5.56 Å². The van der Waals surface area contributed by atoms with Gasteiger partial charge in [-0.15, -0.1) is 0 Å². The highest BCUT2D eigenvalue weighted by Crippen LogP contribution is 2.32. The van der Waals surface area contributed by atoms with E-state index >= 15 is 0 Å². The van der Waals surface area contributed by atoms with E-state index in [1.165, 1.54) is 25.4 Å². The Hall–Kier alpha value is -3.61. The van der Waals surface area contributed by atoms with Crippen LogP contribution in [0, 0.1) is 5.82 Å². The molecular formula is C22H18FN3O3. The predicted octanol–water partition coefficient (Wildman–Crippen LogP) is 3.79. The average Bonchev–Trinajstić information content (AvgIpc) is 2.74. The molecular weight excluding hydrogens is 373 g/mol. The van der Waals surface area contributed by atoms with E-state index < -0.39 is 0 Å². The molecule has 146 valence electrons. The van der Waals surface area contributed by atoms with Gasteiger partial charge in [-0.25, -0.2) is 14.4 Å². The predicted molar refractivity (Wildman–Crippen MR) is 105 cm³/mol. The lowest BCUT2D eigenvalue weighted by Crippen LogP contribution is -2.22. The summed E-state index contributed by atoms with van der Waals surface area (Å²) in [6.07, 6.45) is 2.28. The van der Waals surface area contributed by atoms with Crippen molar-refractivity contribution in [2.24, 2.45) is 0 Å². The third kappa shape index (κ3) is 3.99. The van der Waals surface area contributed by atoms with E-state index in [4.69, 9.17) is 4.74 Å². The minimum atomic E-state index is -0.374. The lowest BCUT2D eigenvalue weighted by molar-refractivity contribution is 0.0962. The van der Waals surface area contributed by atoms with E-state index in [0.29, 0.717) is 35.4 Å². The Bertz CT molecular complexity index is 1080. The van der Waals surface area contributed by atoms with Crippen molar-refractivity contribution in [3.63, 3.8) is 0 Å². The van der Waals surface area contributed by atoms with E-state index in [2.05, 4.69) is 15.3 Å². The number of ether oxygens (including phenoxy) is 1. The Kier molecular flexibility index (Phi) is 5.03. The van der Waals surface area contributed by atoms with Gasteiger partial charge in [0, 0.05) is 18.2 Å². The molecule has 0 aliphatic heterocycles. The number of nitrogens with one attached hydrogen (secondary N) is 1. The highest BCUT2D eigenvalue weighted by molar-refractivity contribution is 6.04. The highest BCUT2D eigenvalue weighted by atomic mass is 19.1. The van der Waals surface area contributed by atoms with E-state index in [-0.39, 0.29) is 29.4 Å². The molecule has 0 spiro atoms. The molecule has 0 fully saturated rings. The Morgan fingerprint density at radius 3 is 2.72 bits per heavy atom. The summed E-state index contributed by atoms with van der Waals surface area (Å²) in [6, 6.07) is 12.9. The third-order valence-electron chi connectivity index (χ3n) is 4.94. The van der Waals surface area contributed by atoms with Crippen molar-refractivity contribution < 1.29 is 18.7 Å². The molecule has 1 aromatic heterocycles. The standard InChI is InChI=1S/C22H18FN3O3/c1-29-17-4-2-3-14(9-17)21(28)26-22-24-12-18-19(25-22)10-15(11-20(18)27)13-5-7-16(23)8-6-13/h2-9,12,15H,10-11H2,1H3,(H,24,25,26,28)/t15-/m1/s1. The number of Topliss-reactive ketones (excluding diaryl/α,β-unsaturated/α-hetero) is 1. The fourth-order valence-electron chi connectivity index (χ4n) is 3.41. The number of methoxy groups -OCH3 is 1. The number of nitrogens with zero attached hydrogens (tertiary/aromatic N) is 2. The van der Waals surface area contributed by atoms with E-state index in [9.17, 15) is 14.0 Å². The minimum absolute atomic E-state index is 0.0637. The maximum atomic E-state index is 13.2. The number of hydrogen-bond donors (Lipinski definition) is 1. The molecule has 0 radical (unpaired) electrons. The molecule has 4 rings (SSSR count). The van der Waals surface area contributed by atoms with Crippen molar-refractivity contribution in [3.05, 3.63) is 82.9 Å². The molecule has 3 aromatic rings. The van der Waals surface area contributed by atoms with Gasteiger partial charge in [0.2, 0.25) is 5.95 Å². The van der Waals surface area contributed by atoms with Crippen molar-refractivity contribution in [2.75, 3.05) is 12.4 Å². The molecule has 0 saturated carbocycles. The first-order valence-corrected chi connectivity index (χ1v) is 9.13. The zero-order chi connectivity index (χ0) is 20.4. The normalized spacial score (nSPS) is 15.5. The van der Waals surface area contributed by atoms with Gasteiger partial charge in [0.1, 0.15) is 11.6 Å². The SMILES string of the molecule is COc1cccc(C(=O)Nc2ncc3c(n2)C[C@@H](c2ccc(F)cc2)CC3=O)c1. The molecule has 0 saturated heterocycles. The van der Waals surface area contributed by atoms with Crippen LogP contribution in [-0.4, -0.2) is 28.8 Å². The van der Waals surface area contributed by atoms with Crippen LogP contribution in [-0.2, 0) is 6.42 Å². The number of anilines is 1. The van der Waals surface area contributed by atoms with Gasteiger partial charge in [-0.2, -0.15) is 0 Å². The van der Waals surface area contributed by atoms with Crippen molar-refractivity contribution >= 4 is 17.6 Å². The van der Waals surface area contributed by atoms with Gasteiger partial charge in [-0.3, -0.25) is 14.9 Å². The van der Waals surface area contributed by atoms with Gasteiger partial charge in [-0.05, 0) is 48.2 Å². The van der Waals surface area contributed by atoms with Crippen LogP contribution in [0.3, 0.4) is 0 Å². The summed E-state index contributed by atoms with van der Waals surface area (Å²) in [5, 5.41) is 2.66. The van der Waals surface area contributed by atoms with Crippen molar-refractivity contribution in [2.45, 2.75) is 18.8 Å². The summed E-state index contributed by atoms with van der Waals surface area (Å²) in [7, 11) is 1.53. The van der Waals surface area contributed by atoms with Gasteiger partial charge < -0.3 is 4.74 Å². The summed E-state index contributed by atoms with van der Waals surface area (Å²) in [4.78, 5) is 33.5. The van der Waals surface area contributed by atoms with Crippen LogP contribution >= 0.6 is 0 Å². The second-order valence-corrected chi connectivity index (χ2v) is 6.82. The van der Waals surface area contributed by atoms with Gasteiger partial charge >= 0.3 is 0 Å². The van der Waals surface area contributed by atoms with Crippen LogP contribution in [0.25, 0.3) is 0 Å². The highest BCUT2D eigenvalue weighted by Gasteiger charge is 2.28. The lowest BCUT2D eigenvalue weighted by atomic mass is 9.82. The molecule has 1 aliphatic rings. The number of carbonyl (C=O) groups excluding carboxylic acids is 2. The fraction of sp³-hybridized carbons (Fsp3) is 0.182. The summed E-state index contributed by atoms with van der Waals surface area (Å²) in [5.74, 6) is -0.151. The first-order valence-electron chi connectivity index (χ1n) is 9.13. The number of benzene rings is 2. The number of aromatic nitrogens is 2. The van der Waals surface area contributed by atoms with Gasteiger partial charge in [0.25, 0.3) is 5.91 Å². The average molecular weight is 391 g/mol. The lowest BCUT2D eigenvalue weighted by Gasteiger charge is -2.23. The molecule has 1 aliphatic carbocycles. The van der Waals surface area contributed by atoms with Crippen LogP contribution in [0.15, 0.2) is 54.7 Å². The molecule has 1 heterocycles. The van der Waals surface area contributed by atoms with Crippen LogP contribution in [0.2, 0.25) is 0 Å². The van der Waals surface area contributed by atoms with Gasteiger partial charge in [0.15, 0.2) is 5.78 Å². The minimum Gasteiger partial charge on any atom is -0.497 e. The zero-order valence-corrected chi connectivity index (χ0v) is 15.7. The molecule has 7 heteroatoms. The molecule has 2 aromatic carbocycles. The summed E-state index contributed by atoms with van der Waals surface area (Å²) in [5.41, 5.74) is 2.33. The third-order valence-corrected chi connectivity index (χ3v) is 4.94. The van der Waals surface area contributed by atoms with Crippen LogP contribution in [0.4, 0.5) is 10.3 Å². The van der Waals surface area contributed by atoms with Crippen LogP contribution in [0.5, 0.6) is 5.75 Å². The monoisotopic (exact) mass is 391 g/mol. The molecule has 6 nitrogen and oxygen atoms in total. The van der Waals surface area contributed by atoms with Crippen molar-refractivity contribution in [1.82, 2.24) is 9.97 Å². The first-order chi connectivity index (χ1) is 14.0. The topological polar surface area (TPSA) is 81.2 Å². The summed E-state index contributed by atoms with van der Waals surface area (Å²) in [6.45, 7) is 0. The molecule has 29 heavy (non-hydrogen) atoms. The number of halogens is 1. The molecule has 1 amide bonds. The maximum absolute atomic E-state index is 13.2. The largest absolute Gasteiger partial charge is 0.497 e. The van der Waals surface area contributed by atoms with Gasteiger partial charge in [0.05, 0.1) is 18.4 Å². The summed E-state index contributed by atoms with van der Waals surface area (Å²) >= 11 is 0. The number of amides is 1. The number of carbonyl (C=O) groups is 2. The number of ketones is 1. The molecule has 1 N–H and O–H groups in total. The quantitative estimate of drug-likeness (QED) is 0.732. The second kappa shape index (κ2) is 7.79. The van der Waals surface area contributed by atoms with Crippen LogP contribution in [0.1, 0.15) is 44.3 Å². The second-order valence-electron chi connectivity index (χ2n) is 6.82. The maximum Gasteiger partial charge on any atom is 0.258 e. The Balaban J connectivity index is 1.56. The number of hydrogen-bond acceptors (Lipinski definition) is 5.